The summed E-state index contributed by atoms with van der Waals surface area (Å²) in [5, 5.41) is 2.95. The standard InChI is InChI=1S/C19H31N3O2/c1-24-18(13-20)12-19(23)21-14-16-7-6-8-17(11-16)15-22-9-4-2-3-5-10-22/h6-8,11,18H,2-5,9-10,12-15,20H2,1H3,(H,21,23). The lowest BCUT2D eigenvalue weighted by Crippen LogP contribution is -2.32. The molecule has 5 nitrogen and oxygen atoms in total. The van der Waals surface area contributed by atoms with E-state index in [0.717, 1.165) is 12.1 Å². The predicted molar refractivity (Wildman–Crippen MR) is 96.5 cm³/mol. The molecule has 1 aromatic carbocycles. The third kappa shape index (κ3) is 6.59. The second kappa shape index (κ2) is 10.4. The number of carbonyl (C=O) groups excluding carboxylic acids is 1. The maximum Gasteiger partial charge on any atom is 0.222 e. The van der Waals surface area contributed by atoms with Gasteiger partial charge in [0.2, 0.25) is 5.91 Å². The zero-order chi connectivity index (χ0) is 17.2. The summed E-state index contributed by atoms with van der Waals surface area (Å²) in [5.41, 5.74) is 8.01. The number of hydrogen-bond donors (Lipinski definition) is 2. The van der Waals surface area contributed by atoms with Crippen molar-refractivity contribution < 1.29 is 9.53 Å². The van der Waals surface area contributed by atoms with Gasteiger partial charge in [-0.25, -0.2) is 0 Å². The van der Waals surface area contributed by atoms with E-state index in [1.165, 1.54) is 44.3 Å². The van der Waals surface area contributed by atoms with Gasteiger partial charge in [-0.2, -0.15) is 0 Å². The molecule has 1 saturated heterocycles. The van der Waals surface area contributed by atoms with E-state index in [9.17, 15) is 4.79 Å². The molecule has 2 rings (SSSR count). The first-order valence-electron chi connectivity index (χ1n) is 9.01. The molecule has 1 aliphatic heterocycles. The molecule has 24 heavy (non-hydrogen) atoms. The first-order chi connectivity index (χ1) is 11.7. The topological polar surface area (TPSA) is 67.6 Å². The number of rotatable bonds is 8. The number of carbonyl (C=O) groups is 1. The van der Waals surface area contributed by atoms with Crippen molar-refractivity contribution in [2.75, 3.05) is 26.7 Å². The van der Waals surface area contributed by atoms with Crippen molar-refractivity contribution in [1.82, 2.24) is 10.2 Å². The summed E-state index contributed by atoms with van der Waals surface area (Å²) in [5.74, 6) is -0.0229. The maximum atomic E-state index is 11.9. The van der Waals surface area contributed by atoms with Crippen LogP contribution in [0.1, 0.15) is 43.2 Å². The number of benzene rings is 1. The van der Waals surface area contributed by atoms with E-state index in [-0.39, 0.29) is 12.0 Å². The van der Waals surface area contributed by atoms with Gasteiger partial charge in [0.1, 0.15) is 0 Å². The van der Waals surface area contributed by atoms with E-state index in [4.69, 9.17) is 10.5 Å². The van der Waals surface area contributed by atoms with E-state index < -0.39 is 0 Å². The number of nitrogens with one attached hydrogen (secondary N) is 1. The van der Waals surface area contributed by atoms with Crippen LogP contribution in [0.5, 0.6) is 0 Å². The van der Waals surface area contributed by atoms with E-state index in [0.29, 0.717) is 19.5 Å². The van der Waals surface area contributed by atoms with Gasteiger partial charge in [0.15, 0.2) is 0 Å². The van der Waals surface area contributed by atoms with Crippen molar-refractivity contribution in [3.8, 4) is 0 Å². The number of methoxy groups -OCH3 is 1. The van der Waals surface area contributed by atoms with Gasteiger partial charge in [0, 0.05) is 26.7 Å². The summed E-state index contributed by atoms with van der Waals surface area (Å²) in [7, 11) is 1.58. The number of nitrogens with zero attached hydrogens (tertiary/aromatic N) is 1. The Kier molecular flexibility index (Phi) is 8.22. The number of hydrogen-bond acceptors (Lipinski definition) is 4. The second-order valence-corrected chi connectivity index (χ2v) is 6.58. The molecule has 1 amide bonds. The highest BCUT2D eigenvalue weighted by Crippen LogP contribution is 2.14. The summed E-state index contributed by atoms with van der Waals surface area (Å²) in [6.45, 7) is 4.29. The monoisotopic (exact) mass is 333 g/mol. The van der Waals surface area contributed by atoms with E-state index >= 15 is 0 Å². The van der Waals surface area contributed by atoms with E-state index in [2.05, 4.69) is 34.5 Å². The van der Waals surface area contributed by atoms with Gasteiger partial charge in [-0.1, -0.05) is 37.1 Å². The zero-order valence-electron chi connectivity index (χ0n) is 14.8. The van der Waals surface area contributed by atoms with Crippen LogP contribution in [0.2, 0.25) is 0 Å². The molecule has 1 unspecified atom stereocenters. The Morgan fingerprint density at radius 2 is 1.96 bits per heavy atom. The highest BCUT2D eigenvalue weighted by atomic mass is 16.5. The highest BCUT2D eigenvalue weighted by molar-refractivity contribution is 5.76. The van der Waals surface area contributed by atoms with Crippen LogP contribution >= 0.6 is 0 Å². The lowest BCUT2D eigenvalue weighted by molar-refractivity contribution is -0.123. The number of likely N-dealkylation sites (tertiary alicyclic amines) is 1. The van der Waals surface area contributed by atoms with Gasteiger partial charge in [-0.3, -0.25) is 9.69 Å². The Morgan fingerprint density at radius 3 is 2.62 bits per heavy atom. The summed E-state index contributed by atoms with van der Waals surface area (Å²) in [6, 6.07) is 8.50. The van der Waals surface area contributed by atoms with Crippen molar-refractivity contribution in [3.05, 3.63) is 35.4 Å². The Bertz CT molecular complexity index is 495. The molecule has 0 bridgehead atoms. The molecule has 0 aromatic heterocycles. The van der Waals surface area contributed by atoms with Crippen molar-refractivity contribution in [2.45, 2.75) is 51.3 Å². The fraction of sp³-hybridized carbons (Fsp3) is 0.632. The Morgan fingerprint density at radius 1 is 1.25 bits per heavy atom. The first kappa shape index (κ1) is 18.9. The average Bonchev–Trinajstić information content (AvgIpc) is 2.87. The molecular formula is C19H31N3O2. The summed E-state index contributed by atoms with van der Waals surface area (Å²) in [4.78, 5) is 14.5. The molecule has 5 heteroatoms. The van der Waals surface area contributed by atoms with Gasteiger partial charge in [-0.15, -0.1) is 0 Å². The average molecular weight is 333 g/mol. The van der Waals surface area contributed by atoms with Crippen molar-refractivity contribution >= 4 is 5.91 Å². The van der Waals surface area contributed by atoms with E-state index in [1.54, 1.807) is 7.11 Å². The van der Waals surface area contributed by atoms with Gasteiger partial charge >= 0.3 is 0 Å². The molecule has 1 fully saturated rings. The Hall–Kier alpha value is -1.43. The molecular weight excluding hydrogens is 302 g/mol. The fourth-order valence-electron chi connectivity index (χ4n) is 3.13. The molecule has 0 saturated carbocycles. The number of nitrogens with two attached hydrogens (primary N) is 1. The van der Waals surface area contributed by atoms with Gasteiger partial charge < -0.3 is 15.8 Å². The maximum absolute atomic E-state index is 11.9. The van der Waals surface area contributed by atoms with Crippen LogP contribution in [0, 0.1) is 0 Å². The molecule has 1 aliphatic rings. The number of ether oxygens (including phenoxy) is 1. The Labute approximate surface area is 145 Å². The quantitative estimate of drug-likeness (QED) is 0.764. The van der Waals surface area contributed by atoms with Crippen LogP contribution in [0.25, 0.3) is 0 Å². The van der Waals surface area contributed by atoms with Crippen LogP contribution in [0.15, 0.2) is 24.3 Å². The fourth-order valence-corrected chi connectivity index (χ4v) is 3.13. The second-order valence-electron chi connectivity index (χ2n) is 6.58. The molecule has 134 valence electrons. The lowest BCUT2D eigenvalue weighted by atomic mass is 10.1. The largest absolute Gasteiger partial charge is 0.380 e. The minimum atomic E-state index is -0.209. The van der Waals surface area contributed by atoms with Crippen LogP contribution in [0.4, 0.5) is 0 Å². The molecule has 1 atom stereocenters. The summed E-state index contributed by atoms with van der Waals surface area (Å²) >= 11 is 0. The molecule has 0 radical (unpaired) electrons. The Balaban J connectivity index is 1.82. The van der Waals surface area contributed by atoms with Crippen LogP contribution in [-0.2, 0) is 22.6 Å². The third-order valence-corrected chi connectivity index (χ3v) is 4.60. The minimum absolute atomic E-state index is 0.0229. The zero-order valence-corrected chi connectivity index (χ0v) is 14.8. The van der Waals surface area contributed by atoms with Crippen molar-refractivity contribution in [1.29, 1.82) is 0 Å². The molecule has 1 aromatic rings. The first-order valence-corrected chi connectivity index (χ1v) is 9.01. The third-order valence-electron chi connectivity index (χ3n) is 4.60. The molecule has 3 N–H and O–H groups in total. The molecule has 0 aliphatic carbocycles. The summed E-state index contributed by atoms with van der Waals surface area (Å²) in [6.07, 6.45) is 5.41. The lowest BCUT2D eigenvalue weighted by Gasteiger charge is -2.20. The molecule has 0 spiro atoms. The van der Waals surface area contributed by atoms with Gasteiger partial charge in [0.05, 0.1) is 12.5 Å². The van der Waals surface area contributed by atoms with Crippen LogP contribution in [-0.4, -0.2) is 43.7 Å². The van der Waals surface area contributed by atoms with Crippen LogP contribution in [0.3, 0.4) is 0 Å². The van der Waals surface area contributed by atoms with E-state index in [1.807, 2.05) is 0 Å². The predicted octanol–water partition coefficient (Wildman–Crippen LogP) is 2.04. The molecule has 1 heterocycles. The number of amides is 1. The van der Waals surface area contributed by atoms with Crippen molar-refractivity contribution in [2.24, 2.45) is 5.73 Å². The van der Waals surface area contributed by atoms with Crippen LogP contribution < -0.4 is 11.1 Å². The SMILES string of the molecule is COC(CN)CC(=O)NCc1cccc(CN2CCCCCC2)c1. The van der Waals surface area contributed by atoms with Gasteiger partial charge in [-0.05, 0) is 37.1 Å². The smallest absolute Gasteiger partial charge is 0.222 e. The minimum Gasteiger partial charge on any atom is -0.380 e. The van der Waals surface area contributed by atoms with Gasteiger partial charge in [0.25, 0.3) is 0 Å². The normalized spacial score (nSPS) is 17.2. The highest BCUT2D eigenvalue weighted by Gasteiger charge is 2.12. The van der Waals surface area contributed by atoms with Crippen molar-refractivity contribution in [3.63, 3.8) is 0 Å². The summed E-state index contributed by atoms with van der Waals surface area (Å²) < 4.78 is 5.14.